The number of carbonyl (C=O) groups is 2. The van der Waals surface area contributed by atoms with Crippen LogP contribution in [0.3, 0.4) is 0 Å². The maximum absolute atomic E-state index is 12.4. The largest absolute Gasteiger partial charge is 0.497 e. The Labute approximate surface area is 169 Å². The van der Waals surface area contributed by atoms with Crippen molar-refractivity contribution < 1.29 is 14.3 Å². The maximum atomic E-state index is 12.4. The Balaban J connectivity index is 1.82. The second-order valence-electron chi connectivity index (χ2n) is 5.81. The molecule has 0 aliphatic heterocycles. The van der Waals surface area contributed by atoms with E-state index in [-0.39, 0.29) is 18.4 Å². The van der Waals surface area contributed by atoms with Crippen LogP contribution < -0.4 is 10.1 Å². The molecule has 2 aromatic rings. The summed E-state index contributed by atoms with van der Waals surface area (Å²) in [7, 11) is 1.57. The molecule has 0 radical (unpaired) electrons. The van der Waals surface area contributed by atoms with Gasteiger partial charge in [-0.3, -0.25) is 9.59 Å². The predicted octanol–water partition coefficient (Wildman–Crippen LogP) is 4.07. The van der Waals surface area contributed by atoms with E-state index in [0.717, 1.165) is 5.56 Å². The Bertz CT molecular complexity index is 785. The molecule has 1 N–H and O–H groups in total. The molecule has 0 aliphatic rings. The molecule has 0 saturated carbocycles. The zero-order chi connectivity index (χ0) is 19.6. The summed E-state index contributed by atoms with van der Waals surface area (Å²) in [6.07, 6.45) is 0. The normalized spacial score (nSPS) is 10.3. The molecule has 0 saturated heterocycles. The number of nitrogens with zero attached hydrogens (tertiary/aromatic N) is 1. The van der Waals surface area contributed by atoms with Gasteiger partial charge in [0, 0.05) is 29.1 Å². The number of rotatable bonds is 9. The van der Waals surface area contributed by atoms with E-state index in [0.29, 0.717) is 34.5 Å². The van der Waals surface area contributed by atoms with Crippen LogP contribution in [-0.2, 0) is 15.3 Å². The van der Waals surface area contributed by atoms with Gasteiger partial charge in [0.2, 0.25) is 11.8 Å². The monoisotopic (exact) mass is 406 g/mol. The smallest absolute Gasteiger partial charge is 0.243 e. The SMILES string of the molecule is CCN(CC(=O)Nc1cccc(OC)c1)C(=O)CSCc1cccc(Cl)c1. The molecule has 2 rings (SSSR count). The molecule has 0 unspecified atom stereocenters. The third-order valence-electron chi connectivity index (χ3n) is 3.81. The number of likely N-dealkylation sites (N-methyl/N-ethyl adjacent to an activating group) is 1. The lowest BCUT2D eigenvalue weighted by Crippen LogP contribution is -2.38. The first-order valence-corrected chi connectivity index (χ1v) is 10.1. The number of hydrogen-bond donors (Lipinski definition) is 1. The molecule has 27 heavy (non-hydrogen) atoms. The van der Waals surface area contributed by atoms with Crippen molar-refractivity contribution in [2.45, 2.75) is 12.7 Å². The molecule has 2 aromatic carbocycles. The highest BCUT2D eigenvalue weighted by Gasteiger charge is 2.16. The molecular weight excluding hydrogens is 384 g/mol. The summed E-state index contributed by atoms with van der Waals surface area (Å²) < 4.78 is 5.14. The first kappa shape index (κ1) is 21.1. The van der Waals surface area contributed by atoms with Crippen molar-refractivity contribution in [2.75, 3.05) is 31.3 Å². The molecule has 144 valence electrons. The van der Waals surface area contributed by atoms with Crippen molar-refractivity contribution in [1.82, 2.24) is 4.90 Å². The Morgan fingerprint density at radius 1 is 1.19 bits per heavy atom. The van der Waals surface area contributed by atoms with Gasteiger partial charge in [-0.1, -0.05) is 29.8 Å². The average Bonchev–Trinajstić information content (AvgIpc) is 2.66. The summed E-state index contributed by atoms with van der Waals surface area (Å²) >= 11 is 7.47. The van der Waals surface area contributed by atoms with Gasteiger partial charge in [-0.05, 0) is 36.8 Å². The van der Waals surface area contributed by atoms with Crippen LogP contribution in [0.15, 0.2) is 48.5 Å². The van der Waals surface area contributed by atoms with Gasteiger partial charge in [-0.25, -0.2) is 0 Å². The van der Waals surface area contributed by atoms with Crippen LogP contribution in [0.4, 0.5) is 5.69 Å². The molecule has 0 fully saturated rings. The highest BCUT2D eigenvalue weighted by Crippen LogP contribution is 2.18. The van der Waals surface area contributed by atoms with Gasteiger partial charge in [0.25, 0.3) is 0 Å². The molecular formula is C20H23ClN2O3S. The molecule has 0 atom stereocenters. The lowest BCUT2D eigenvalue weighted by molar-refractivity contribution is -0.132. The Kier molecular flexibility index (Phi) is 8.48. The van der Waals surface area contributed by atoms with Crippen molar-refractivity contribution in [3.63, 3.8) is 0 Å². The summed E-state index contributed by atoms with van der Waals surface area (Å²) in [5.74, 6) is 1.37. The lowest BCUT2D eigenvalue weighted by Gasteiger charge is -2.20. The van der Waals surface area contributed by atoms with Crippen LogP contribution in [0.2, 0.25) is 5.02 Å². The Morgan fingerprint density at radius 2 is 1.96 bits per heavy atom. The minimum Gasteiger partial charge on any atom is -0.497 e. The van der Waals surface area contributed by atoms with E-state index < -0.39 is 0 Å². The number of thioether (sulfide) groups is 1. The minimum atomic E-state index is -0.238. The van der Waals surface area contributed by atoms with E-state index >= 15 is 0 Å². The molecule has 7 heteroatoms. The zero-order valence-electron chi connectivity index (χ0n) is 15.4. The fourth-order valence-corrected chi connectivity index (χ4v) is 3.51. The highest BCUT2D eigenvalue weighted by atomic mass is 35.5. The number of nitrogens with one attached hydrogen (secondary N) is 1. The summed E-state index contributed by atoms with van der Waals surface area (Å²) in [6.45, 7) is 2.35. The zero-order valence-corrected chi connectivity index (χ0v) is 17.0. The number of ether oxygens (including phenoxy) is 1. The molecule has 0 aliphatic carbocycles. The maximum Gasteiger partial charge on any atom is 0.243 e. The van der Waals surface area contributed by atoms with Crippen molar-refractivity contribution >= 4 is 40.9 Å². The van der Waals surface area contributed by atoms with Crippen LogP contribution >= 0.6 is 23.4 Å². The van der Waals surface area contributed by atoms with Gasteiger partial charge in [-0.2, -0.15) is 0 Å². The fourth-order valence-electron chi connectivity index (χ4n) is 2.43. The molecule has 0 heterocycles. The van der Waals surface area contributed by atoms with Gasteiger partial charge >= 0.3 is 0 Å². The molecule has 5 nitrogen and oxygen atoms in total. The lowest BCUT2D eigenvalue weighted by atomic mass is 10.2. The van der Waals surface area contributed by atoms with E-state index in [1.165, 1.54) is 11.8 Å². The first-order valence-electron chi connectivity index (χ1n) is 8.55. The number of methoxy groups -OCH3 is 1. The van der Waals surface area contributed by atoms with Crippen LogP contribution in [0.1, 0.15) is 12.5 Å². The molecule has 0 spiro atoms. The Hall–Kier alpha value is -2.18. The third kappa shape index (κ3) is 7.15. The molecule has 2 amide bonds. The molecule has 0 bridgehead atoms. The fraction of sp³-hybridized carbons (Fsp3) is 0.300. The van der Waals surface area contributed by atoms with E-state index in [4.69, 9.17) is 16.3 Å². The standard InChI is InChI=1S/C20H23ClN2O3S/c1-3-23(12-19(24)22-17-8-5-9-18(11-17)26-2)20(25)14-27-13-15-6-4-7-16(21)10-15/h4-11H,3,12-14H2,1-2H3,(H,22,24). The van der Waals surface area contributed by atoms with Crippen LogP contribution in [0, 0.1) is 0 Å². The van der Waals surface area contributed by atoms with E-state index in [9.17, 15) is 9.59 Å². The summed E-state index contributed by atoms with van der Waals surface area (Å²) in [4.78, 5) is 26.2. The van der Waals surface area contributed by atoms with E-state index in [1.807, 2.05) is 31.2 Å². The van der Waals surface area contributed by atoms with Crippen molar-refractivity contribution in [3.05, 3.63) is 59.1 Å². The van der Waals surface area contributed by atoms with Gasteiger partial charge in [-0.15, -0.1) is 11.8 Å². The van der Waals surface area contributed by atoms with Crippen LogP contribution in [0.25, 0.3) is 0 Å². The van der Waals surface area contributed by atoms with Crippen LogP contribution in [0.5, 0.6) is 5.75 Å². The van der Waals surface area contributed by atoms with E-state index in [1.54, 1.807) is 36.3 Å². The number of benzene rings is 2. The van der Waals surface area contributed by atoms with E-state index in [2.05, 4.69) is 5.32 Å². The number of anilines is 1. The van der Waals surface area contributed by atoms with Crippen LogP contribution in [-0.4, -0.2) is 42.7 Å². The van der Waals surface area contributed by atoms with Gasteiger partial charge in [0.15, 0.2) is 0 Å². The topological polar surface area (TPSA) is 58.6 Å². The molecule has 0 aromatic heterocycles. The number of halogens is 1. The quantitative estimate of drug-likeness (QED) is 0.682. The van der Waals surface area contributed by atoms with Crippen molar-refractivity contribution in [2.24, 2.45) is 0 Å². The summed E-state index contributed by atoms with van der Waals surface area (Å²) in [5.41, 5.74) is 1.71. The predicted molar refractivity (Wildman–Crippen MR) is 111 cm³/mol. The van der Waals surface area contributed by atoms with Crippen molar-refractivity contribution in [1.29, 1.82) is 0 Å². The first-order chi connectivity index (χ1) is 13.0. The highest BCUT2D eigenvalue weighted by molar-refractivity contribution is 7.99. The number of amides is 2. The summed E-state index contributed by atoms with van der Waals surface area (Å²) in [6, 6.07) is 14.7. The number of hydrogen-bond acceptors (Lipinski definition) is 4. The third-order valence-corrected chi connectivity index (χ3v) is 5.03. The summed E-state index contributed by atoms with van der Waals surface area (Å²) in [5, 5.41) is 3.47. The second kappa shape index (κ2) is 10.8. The van der Waals surface area contributed by atoms with Gasteiger partial charge in [0.1, 0.15) is 5.75 Å². The number of carbonyl (C=O) groups excluding carboxylic acids is 2. The minimum absolute atomic E-state index is 0.0181. The second-order valence-corrected chi connectivity index (χ2v) is 7.23. The Morgan fingerprint density at radius 3 is 2.67 bits per heavy atom. The van der Waals surface area contributed by atoms with Gasteiger partial charge in [0.05, 0.1) is 19.4 Å². The average molecular weight is 407 g/mol. The van der Waals surface area contributed by atoms with Gasteiger partial charge < -0.3 is 15.0 Å². The van der Waals surface area contributed by atoms with Crippen molar-refractivity contribution in [3.8, 4) is 5.75 Å².